The first kappa shape index (κ1) is 21.7. The summed E-state index contributed by atoms with van der Waals surface area (Å²) in [7, 11) is 0. The minimum atomic E-state index is -4.33. The summed E-state index contributed by atoms with van der Waals surface area (Å²) in [6.45, 7) is 6.47. The monoisotopic (exact) mass is 451 g/mol. The lowest BCUT2D eigenvalue weighted by Gasteiger charge is -2.37. The van der Waals surface area contributed by atoms with Crippen LogP contribution in [-0.2, 0) is 29.5 Å². The summed E-state index contributed by atoms with van der Waals surface area (Å²) in [6, 6.07) is 19.2. The molecular formula is C27H24F3NO2. The van der Waals surface area contributed by atoms with E-state index in [1.807, 2.05) is 30.3 Å². The van der Waals surface area contributed by atoms with E-state index in [9.17, 15) is 18.3 Å². The van der Waals surface area contributed by atoms with E-state index in [0.717, 1.165) is 59.6 Å². The molecule has 3 aromatic rings. The molecule has 0 amide bonds. The van der Waals surface area contributed by atoms with E-state index >= 15 is 0 Å². The first-order valence-corrected chi connectivity index (χ1v) is 10.9. The molecular weight excluding hydrogens is 427 g/mol. The van der Waals surface area contributed by atoms with Crippen LogP contribution in [0.4, 0.5) is 13.2 Å². The predicted molar refractivity (Wildman–Crippen MR) is 121 cm³/mol. The van der Waals surface area contributed by atoms with Crippen molar-refractivity contribution in [1.29, 1.82) is 0 Å². The van der Waals surface area contributed by atoms with Crippen molar-refractivity contribution < 1.29 is 23.0 Å². The quantitative estimate of drug-likeness (QED) is 0.559. The molecule has 0 aliphatic carbocycles. The lowest BCUT2D eigenvalue weighted by Crippen LogP contribution is -2.46. The van der Waals surface area contributed by atoms with Gasteiger partial charge in [0.15, 0.2) is 0 Å². The third-order valence-electron chi connectivity index (χ3n) is 6.58. The molecule has 6 heteroatoms. The van der Waals surface area contributed by atoms with Gasteiger partial charge < -0.3 is 14.7 Å². The molecule has 5 rings (SSSR count). The number of nitrogens with zero attached hydrogens (tertiary/aromatic N) is 1. The molecule has 0 unspecified atom stereocenters. The van der Waals surface area contributed by atoms with Crippen molar-refractivity contribution in [3.05, 3.63) is 101 Å². The van der Waals surface area contributed by atoms with Crippen molar-refractivity contribution >= 4 is 5.70 Å². The Hall–Kier alpha value is -3.09. The molecule has 1 N–H and O–H groups in total. The number of ether oxygens (including phenoxy) is 1. The van der Waals surface area contributed by atoms with E-state index < -0.39 is 17.3 Å². The van der Waals surface area contributed by atoms with E-state index in [1.54, 1.807) is 0 Å². The maximum atomic E-state index is 12.8. The molecule has 2 heterocycles. The highest BCUT2D eigenvalue weighted by atomic mass is 19.4. The van der Waals surface area contributed by atoms with E-state index in [1.165, 1.54) is 23.3 Å². The normalized spacial score (nSPS) is 17.3. The van der Waals surface area contributed by atoms with E-state index in [-0.39, 0.29) is 0 Å². The number of aliphatic hydroxyl groups is 1. The summed E-state index contributed by atoms with van der Waals surface area (Å²) in [5.41, 5.74) is 5.36. The summed E-state index contributed by atoms with van der Waals surface area (Å²) in [5, 5.41) is 10.4. The lowest BCUT2D eigenvalue weighted by molar-refractivity contribution is -0.184. The van der Waals surface area contributed by atoms with Crippen molar-refractivity contribution in [3.8, 4) is 11.1 Å². The van der Waals surface area contributed by atoms with Gasteiger partial charge in [0.25, 0.3) is 0 Å². The van der Waals surface area contributed by atoms with E-state index in [2.05, 4.69) is 23.6 Å². The molecule has 3 nitrogen and oxygen atoms in total. The molecule has 0 aromatic heterocycles. The highest BCUT2D eigenvalue weighted by Gasteiger charge is 2.37. The smallest absolute Gasteiger partial charge is 0.380 e. The van der Waals surface area contributed by atoms with Gasteiger partial charge in [0, 0.05) is 18.8 Å². The van der Waals surface area contributed by atoms with Gasteiger partial charge in [-0.1, -0.05) is 61.2 Å². The van der Waals surface area contributed by atoms with Gasteiger partial charge in [0.05, 0.1) is 18.8 Å². The van der Waals surface area contributed by atoms with Crippen molar-refractivity contribution in [2.45, 2.75) is 24.7 Å². The fourth-order valence-electron chi connectivity index (χ4n) is 4.43. The molecule has 0 bridgehead atoms. The summed E-state index contributed by atoms with van der Waals surface area (Å²) >= 11 is 0. The molecule has 0 spiro atoms. The van der Waals surface area contributed by atoms with Crippen LogP contribution < -0.4 is 0 Å². The number of fused-ring (bicyclic) bond motifs is 1. The average Bonchev–Trinajstić information content (AvgIpc) is 2.81. The van der Waals surface area contributed by atoms with Crippen LogP contribution in [0.1, 0.15) is 27.8 Å². The maximum absolute atomic E-state index is 12.8. The van der Waals surface area contributed by atoms with Crippen LogP contribution in [-0.4, -0.2) is 29.8 Å². The van der Waals surface area contributed by atoms with Gasteiger partial charge in [-0.2, -0.15) is 13.2 Å². The third-order valence-corrected chi connectivity index (χ3v) is 6.58. The Kier molecular flexibility index (Phi) is 5.30. The Bertz CT molecular complexity index is 1180. The number of hydrogen-bond donors (Lipinski definition) is 1. The minimum Gasteiger partial charge on any atom is -0.380 e. The summed E-state index contributed by atoms with van der Waals surface area (Å²) in [4.78, 5) is 2.23. The number of alkyl halides is 3. The van der Waals surface area contributed by atoms with Gasteiger partial charge in [-0.25, -0.2) is 0 Å². The van der Waals surface area contributed by atoms with Gasteiger partial charge in [0.1, 0.15) is 5.60 Å². The van der Waals surface area contributed by atoms with Gasteiger partial charge in [0.2, 0.25) is 0 Å². The zero-order valence-electron chi connectivity index (χ0n) is 18.0. The molecule has 0 radical (unpaired) electrons. The lowest BCUT2D eigenvalue weighted by atomic mass is 9.91. The molecule has 0 saturated carbocycles. The van der Waals surface area contributed by atoms with Crippen LogP contribution in [0.3, 0.4) is 0 Å². The number of benzene rings is 3. The van der Waals surface area contributed by atoms with Gasteiger partial charge in [-0.05, 0) is 51.9 Å². The van der Waals surface area contributed by atoms with Crippen molar-refractivity contribution in [3.63, 3.8) is 0 Å². The number of halogens is 3. The zero-order valence-corrected chi connectivity index (χ0v) is 18.0. The first-order chi connectivity index (χ1) is 15.7. The van der Waals surface area contributed by atoms with Crippen molar-refractivity contribution in [2.24, 2.45) is 0 Å². The first-order valence-electron chi connectivity index (χ1n) is 10.9. The van der Waals surface area contributed by atoms with Crippen LogP contribution in [0.25, 0.3) is 16.8 Å². The molecule has 2 aliphatic rings. The Balaban J connectivity index is 1.30. The largest absolute Gasteiger partial charge is 0.416 e. The highest BCUT2D eigenvalue weighted by Crippen LogP contribution is 2.34. The number of hydrogen-bond acceptors (Lipinski definition) is 3. The number of rotatable bonds is 4. The predicted octanol–water partition coefficient (Wildman–Crippen LogP) is 5.62. The van der Waals surface area contributed by atoms with Gasteiger partial charge in [-0.3, -0.25) is 0 Å². The van der Waals surface area contributed by atoms with Crippen LogP contribution in [0.2, 0.25) is 0 Å². The van der Waals surface area contributed by atoms with Gasteiger partial charge >= 0.3 is 6.18 Å². The highest BCUT2D eigenvalue weighted by molar-refractivity contribution is 5.67. The second-order valence-electron chi connectivity index (χ2n) is 8.78. The third kappa shape index (κ3) is 4.16. The Morgan fingerprint density at radius 3 is 2.18 bits per heavy atom. The minimum absolute atomic E-state index is 0.324. The molecule has 170 valence electrons. The molecule has 2 aliphatic heterocycles. The van der Waals surface area contributed by atoms with Crippen LogP contribution >= 0.6 is 0 Å². The SMILES string of the molecule is C=C(c1ccc(C2(O)COC2)cc1)N1CCc2cc(-c3ccc(C(F)(F)F)cc3)ccc2C1. The van der Waals surface area contributed by atoms with Crippen LogP contribution in [0, 0.1) is 0 Å². The van der Waals surface area contributed by atoms with Crippen molar-refractivity contribution in [2.75, 3.05) is 19.8 Å². The molecule has 1 saturated heterocycles. The van der Waals surface area contributed by atoms with E-state index in [0.29, 0.717) is 13.2 Å². The second kappa shape index (κ2) is 8.04. The molecule has 33 heavy (non-hydrogen) atoms. The van der Waals surface area contributed by atoms with E-state index in [4.69, 9.17) is 4.74 Å². The maximum Gasteiger partial charge on any atom is 0.416 e. The van der Waals surface area contributed by atoms with Crippen LogP contribution in [0.15, 0.2) is 73.3 Å². The fourth-order valence-corrected chi connectivity index (χ4v) is 4.43. The fraction of sp³-hybridized carbons (Fsp3) is 0.259. The molecule has 3 aromatic carbocycles. The summed E-state index contributed by atoms with van der Waals surface area (Å²) in [6.07, 6.45) is -3.50. The topological polar surface area (TPSA) is 32.7 Å². The Morgan fingerprint density at radius 2 is 1.58 bits per heavy atom. The average molecular weight is 451 g/mol. The standard InChI is InChI=1S/C27H24F3NO2/c1-18(19-4-8-24(9-5-19)26(32)16-33-17-26)31-13-12-22-14-21(2-3-23(22)15-31)20-6-10-25(11-7-20)27(28,29)30/h2-11,14,32H,1,12-13,15-17H2. The zero-order chi connectivity index (χ0) is 23.2. The van der Waals surface area contributed by atoms with Gasteiger partial charge in [-0.15, -0.1) is 0 Å². The molecule has 0 atom stereocenters. The second-order valence-corrected chi connectivity index (χ2v) is 8.78. The van der Waals surface area contributed by atoms with Crippen LogP contribution in [0.5, 0.6) is 0 Å². The Morgan fingerprint density at radius 1 is 0.909 bits per heavy atom. The molecule has 1 fully saturated rings. The van der Waals surface area contributed by atoms with Crippen molar-refractivity contribution in [1.82, 2.24) is 4.90 Å². The Labute approximate surface area is 190 Å². The summed E-state index contributed by atoms with van der Waals surface area (Å²) in [5.74, 6) is 0. The summed E-state index contributed by atoms with van der Waals surface area (Å²) < 4.78 is 43.6.